The number of carboxylic acids is 1. The number of aliphatic carboxylic acids is 1. The van der Waals surface area contributed by atoms with Crippen LogP contribution in [0.1, 0.15) is 57.2 Å². The Balaban J connectivity index is 1.86. The molecule has 1 aromatic rings. The largest absolute Gasteiger partial charge is 0.481 e. The highest BCUT2D eigenvalue weighted by molar-refractivity contribution is 5.71. The van der Waals surface area contributed by atoms with Crippen LogP contribution in [0.5, 0.6) is 0 Å². The first-order valence-corrected chi connectivity index (χ1v) is 8.22. The lowest BCUT2D eigenvalue weighted by Crippen LogP contribution is -2.39. The van der Waals surface area contributed by atoms with E-state index in [4.69, 9.17) is 0 Å². The van der Waals surface area contributed by atoms with Crippen molar-refractivity contribution in [2.75, 3.05) is 0 Å². The number of hydrazine groups is 1. The van der Waals surface area contributed by atoms with Gasteiger partial charge in [-0.3, -0.25) is 10.2 Å². The Kier molecular flexibility index (Phi) is 4.00. The van der Waals surface area contributed by atoms with E-state index in [0.29, 0.717) is 0 Å². The van der Waals surface area contributed by atoms with Crippen LogP contribution in [0.3, 0.4) is 0 Å². The molecule has 1 heterocycles. The highest BCUT2D eigenvalue weighted by Crippen LogP contribution is 2.42. The summed E-state index contributed by atoms with van der Waals surface area (Å²) in [5, 5.41) is 9.55. The van der Waals surface area contributed by atoms with E-state index in [-0.39, 0.29) is 29.3 Å². The van der Waals surface area contributed by atoms with Crippen molar-refractivity contribution >= 4 is 5.97 Å². The van der Waals surface area contributed by atoms with Crippen LogP contribution < -0.4 is 10.9 Å². The number of rotatable bonds is 2. The summed E-state index contributed by atoms with van der Waals surface area (Å²) in [6, 6.07) is 8.99. The van der Waals surface area contributed by atoms with Gasteiger partial charge in [0.2, 0.25) is 0 Å². The van der Waals surface area contributed by atoms with E-state index in [1.807, 2.05) is 0 Å². The summed E-state index contributed by atoms with van der Waals surface area (Å²) in [7, 11) is 0. The summed E-state index contributed by atoms with van der Waals surface area (Å²) in [5.41, 5.74) is 9.29. The Hall–Kier alpha value is -1.39. The van der Waals surface area contributed by atoms with E-state index in [1.54, 1.807) is 0 Å². The molecule has 4 atom stereocenters. The van der Waals surface area contributed by atoms with Crippen molar-refractivity contribution in [2.45, 2.75) is 57.5 Å². The monoisotopic (exact) mass is 302 g/mol. The maximum atomic E-state index is 11.6. The lowest BCUT2D eigenvalue weighted by Gasteiger charge is -2.33. The third-order valence-electron chi connectivity index (χ3n) is 5.22. The van der Waals surface area contributed by atoms with Gasteiger partial charge in [0.15, 0.2) is 0 Å². The molecule has 22 heavy (non-hydrogen) atoms. The normalized spacial score (nSPS) is 31.8. The summed E-state index contributed by atoms with van der Waals surface area (Å²) in [6.07, 6.45) is 2.83. The second kappa shape index (κ2) is 5.67. The lowest BCUT2D eigenvalue weighted by molar-refractivity contribution is -0.145. The molecule has 1 saturated heterocycles. The van der Waals surface area contributed by atoms with Gasteiger partial charge in [0.05, 0.1) is 12.0 Å². The second-order valence-electron chi connectivity index (χ2n) is 7.70. The highest BCUT2D eigenvalue weighted by Gasteiger charge is 2.46. The maximum absolute atomic E-state index is 11.6. The molecule has 1 aliphatic heterocycles. The van der Waals surface area contributed by atoms with Gasteiger partial charge in [-0.15, -0.1) is 0 Å². The zero-order chi connectivity index (χ0) is 15.9. The molecule has 4 nitrogen and oxygen atoms in total. The molecule has 2 aliphatic rings. The van der Waals surface area contributed by atoms with Gasteiger partial charge in [0.1, 0.15) is 0 Å². The lowest BCUT2D eigenvalue weighted by atomic mass is 9.72. The van der Waals surface area contributed by atoms with Crippen molar-refractivity contribution in [3.63, 3.8) is 0 Å². The minimum Gasteiger partial charge on any atom is -0.481 e. The molecule has 3 N–H and O–H groups in total. The maximum Gasteiger partial charge on any atom is 0.306 e. The molecule has 1 aromatic carbocycles. The van der Waals surface area contributed by atoms with Gasteiger partial charge >= 0.3 is 5.97 Å². The first-order valence-electron chi connectivity index (χ1n) is 8.22. The van der Waals surface area contributed by atoms with Gasteiger partial charge in [-0.1, -0.05) is 51.5 Å². The van der Waals surface area contributed by atoms with Crippen LogP contribution in [0.4, 0.5) is 0 Å². The predicted octanol–water partition coefficient (Wildman–Crippen LogP) is 3.00. The number of carbonyl (C=O) groups is 1. The van der Waals surface area contributed by atoms with Crippen LogP contribution in [0, 0.1) is 11.8 Å². The van der Waals surface area contributed by atoms with Crippen molar-refractivity contribution < 1.29 is 9.90 Å². The summed E-state index contributed by atoms with van der Waals surface area (Å²) in [4.78, 5) is 11.6. The molecule has 3 rings (SSSR count). The second-order valence-corrected chi connectivity index (χ2v) is 7.70. The van der Waals surface area contributed by atoms with Crippen LogP contribution >= 0.6 is 0 Å². The molecule has 4 heteroatoms. The van der Waals surface area contributed by atoms with E-state index in [9.17, 15) is 9.90 Å². The third kappa shape index (κ3) is 2.77. The topological polar surface area (TPSA) is 61.4 Å². The van der Waals surface area contributed by atoms with Crippen LogP contribution in [0.2, 0.25) is 0 Å². The summed E-state index contributed by atoms with van der Waals surface area (Å²) >= 11 is 0. The van der Waals surface area contributed by atoms with Gasteiger partial charge in [0.25, 0.3) is 0 Å². The minimum absolute atomic E-state index is 0.0837. The smallest absolute Gasteiger partial charge is 0.306 e. The standard InChI is InChI=1S/C18H26N2O2/c1-18(2,3)12-9-7-11(8-10-12)16-15-13(17(21)22)5-4-6-14(15)19-20-16/h7-10,13-16,19-20H,4-6H2,1-3H3,(H,21,22). The van der Waals surface area contributed by atoms with Gasteiger partial charge in [-0.05, 0) is 29.4 Å². The number of fused-ring (bicyclic) bond motifs is 1. The van der Waals surface area contributed by atoms with Crippen molar-refractivity contribution in [2.24, 2.45) is 11.8 Å². The summed E-state index contributed by atoms with van der Waals surface area (Å²) in [6.45, 7) is 6.61. The third-order valence-corrected chi connectivity index (χ3v) is 5.22. The van der Waals surface area contributed by atoms with Crippen LogP contribution in [0.25, 0.3) is 0 Å². The highest BCUT2D eigenvalue weighted by atomic mass is 16.4. The van der Waals surface area contributed by atoms with Crippen molar-refractivity contribution in [3.05, 3.63) is 35.4 Å². The predicted molar refractivity (Wildman–Crippen MR) is 86.4 cm³/mol. The molecule has 0 radical (unpaired) electrons. The number of hydrogen-bond donors (Lipinski definition) is 3. The Morgan fingerprint density at radius 3 is 2.41 bits per heavy atom. The number of nitrogens with one attached hydrogen (secondary N) is 2. The SMILES string of the molecule is CC(C)(C)c1ccc(C2NNC3CCCC(C(=O)O)C32)cc1. The Morgan fingerprint density at radius 2 is 1.82 bits per heavy atom. The number of hydrogen-bond acceptors (Lipinski definition) is 3. The van der Waals surface area contributed by atoms with Gasteiger partial charge in [-0.2, -0.15) is 0 Å². The summed E-state index contributed by atoms with van der Waals surface area (Å²) in [5.74, 6) is -0.781. The zero-order valence-corrected chi connectivity index (χ0v) is 13.6. The average molecular weight is 302 g/mol. The van der Waals surface area contributed by atoms with Gasteiger partial charge < -0.3 is 5.11 Å². The van der Waals surface area contributed by atoms with E-state index < -0.39 is 5.97 Å². The van der Waals surface area contributed by atoms with Crippen molar-refractivity contribution in [1.29, 1.82) is 0 Å². The average Bonchev–Trinajstić information content (AvgIpc) is 2.90. The Bertz CT molecular complexity index is 547. The van der Waals surface area contributed by atoms with Gasteiger partial charge in [-0.25, -0.2) is 5.43 Å². The number of carboxylic acid groups (broad SMARTS) is 1. The fourth-order valence-corrected chi connectivity index (χ4v) is 3.93. The molecule has 1 saturated carbocycles. The van der Waals surface area contributed by atoms with Crippen LogP contribution in [-0.4, -0.2) is 17.1 Å². The van der Waals surface area contributed by atoms with Crippen LogP contribution in [0.15, 0.2) is 24.3 Å². The fraction of sp³-hybridized carbons (Fsp3) is 0.611. The van der Waals surface area contributed by atoms with Crippen molar-refractivity contribution in [3.8, 4) is 0 Å². The molecule has 0 bridgehead atoms. The fourth-order valence-electron chi connectivity index (χ4n) is 3.93. The Labute approximate surface area is 132 Å². The Morgan fingerprint density at radius 1 is 1.14 bits per heavy atom. The molecule has 120 valence electrons. The van der Waals surface area contributed by atoms with E-state index >= 15 is 0 Å². The van der Waals surface area contributed by atoms with Crippen molar-refractivity contribution in [1.82, 2.24) is 10.9 Å². The molecule has 0 aromatic heterocycles. The van der Waals surface area contributed by atoms with E-state index in [0.717, 1.165) is 19.3 Å². The van der Waals surface area contributed by atoms with Gasteiger partial charge in [0, 0.05) is 12.0 Å². The summed E-state index contributed by atoms with van der Waals surface area (Å²) < 4.78 is 0. The molecule has 4 unspecified atom stereocenters. The quantitative estimate of drug-likeness (QED) is 0.786. The van der Waals surface area contributed by atoms with Crippen LogP contribution in [-0.2, 0) is 10.2 Å². The minimum atomic E-state index is -0.656. The first-order chi connectivity index (χ1) is 10.4. The molecule has 0 spiro atoms. The van der Waals surface area contributed by atoms with E-state index in [2.05, 4.69) is 55.9 Å². The molecular formula is C18H26N2O2. The molecular weight excluding hydrogens is 276 g/mol. The zero-order valence-electron chi connectivity index (χ0n) is 13.6. The molecule has 0 amide bonds. The molecule has 2 fully saturated rings. The van der Waals surface area contributed by atoms with E-state index in [1.165, 1.54) is 11.1 Å². The first kappa shape index (κ1) is 15.5. The molecule has 1 aliphatic carbocycles. The number of benzene rings is 1.